The maximum absolute atomic E-state index is 6.00. The van der Waals surface area contributed by atoms with Gasteiger partial charge in [0.15, 0.2) is 11.4 Å². The van der Waals surface area contributed by atoms with E-state index in [2.05, 4.69) is 20.6 Å². The number of fused-ring (bicyclic) bond motifs is 1. The summed E-state index contributed by atoms with van der Waals surface area (Å²) in [7, 11) is 0. The predicted octanol–water partition coefficient (Wildman–Crippen LogP) is 1.55. The Bertz CT molecular complexity index is 692. The predicted molar refractivity (Wildman–Crippen MR) is 64.5 cm³/mol. The van der Waals surface area contributed by atoms with Gasteiger partial charge in [-0.1, -0.05) is 17.7 Å². The molecule has 0 amide bonds. The van der Waals surface area contributed by atoms with Crippen LogP contribution in [-0.2, 0) is 0 Å². The number of benzene rings is 1. The van der Waals surface area contributed by atoms with Gasteiger partial charge in [-0.25, -0.2) is 0 Å². The summed E-state index contributed by atoms with van der Waals surface area (Å²) in [4.78, 5) is 0. The second-order valence-electron chi connectivity index (χ2n) is 3.46. The fourth-order valence-electron chi connectivity index (χ4n) is 1.43. The Balaban J connectivity index is 2.00. The highest BCUT2D eigenvalue weighted by Crippen LogP contribution is 2.33. The Hall–Kier alpha value is -2.41. The third-order valence-electron chi connectivity index (χ3n) is 2.25. The third-order valence-corrected chi connectivity index (χ3v) is 2.55. The van der Waals surface area contributed by atoms with Crippen LogP contribution in [0.2, 0.25) is 5.02 Å². The lowest BCUT2D eigenvalue weighted by molar-refractivity contribution is 0.449. The SMILES string of the molecule is Nc1cccc(Cl)c1Oc1ccc2nnnn2n1. The highest BCUT2D eigenvalue weighted by atomic mass is 35.5. The summed E-state index contributed by atoms with van der Waals surface area (Å²) in [5.74, 6) is 0.661. The van der Waals surface area contributed by atoms with Crippen LogP contribution in [0.4, 0.5) is 5.69 Å². The van der Waals surface area contributed by atoms with E-state index in [1.807, 2.05) is 0 Å². The van der Waals surface area contributed by atoms with E-state index < -0.39 is 0 Å². The first-order valence-corrected chi connectivity index (χ1v) is 5.39. The maximum Gasteiger partial charge on any atom is 0.239 e. The van der Waals surface area contributed by atoms with Crippen molar-refractivity contribution in [2.45, 2.75) is 0 Å². The standard InChI is InChI=1S/C10H7ClN6O/c11-6-2-1-3-7(12)10(6)18-9-5-4-8-13-15-16-17(8)14-9/h1-5H,12H2. The Labute approximate surface area is 106 Å². The fraction of sp³-hybridized carbons (Fsp3) is 0. The minimum Gasteiger partial charge on any atom is -0.434 e. The first-order valence-electron chi connectivity index (χ1n) is 5.01. The number of anilines is 1. The Morgan fingerprint density at radius 3 is 2.94 bits per heavy atom. The lowest BCUT2D eigenvalue weighted by Gasteiger charge is -2.08. The normalized spacial score (nSPS) is 10.7. The molecule has 2 heterocycles. The van der Waals surface area contributed by atoms with Crippen LogP contribution in [0, 0.1) is 0 Å². The Morgan fingerprint density at radius 1 is 1.22 bits per heavy atom. The van der Waals surface area contributed by atoms with Crippen LogP contribution in [0.3, 0.4) is 0 Å². The molecule has 0 saturated carbocycles. The van der Waals surface area contributed by atoms with Crippen molar-refractivity contribution in [3.05, 3.63) is 35.4 Å². The quantitative estimate of drug-likeness (QED) is 0.705. The highest BCUT2D eigenvalue weighted by molar-refractivity contribution is 6.32. The van der Waals surface area contributed by atoms with Crippen LogP contribution in [0.1, 0.15) is 0 Å². The van der Waals surface area contributed by atoms with Gasteiger partial charge in [0.25, 0.3) is 0 Å². The molecular weight excluding hydrogens is 256 g/mol. The fourth-order valence-corrected chi connectivity index (χ4v) is 1.65. The van der Waals surface area contributed by atoms with Crippen LogP contribution in [0.5, 0.6) is 11.6 Å². The van der Waals surface area contributed by atoms with Gasteiger partial charge in [-0.15, -0.1) is 14.8 Å². The molecule has 0 fully saturated rings. The zero-order chi connectivity index (χ0) is 12.5. The molecule has 3 aromatic rings. The number of nitrogen functional groups attached to an aromatic ring is 1. The summed E-state index contributed by atoms with van der Waals surface area (Å²) in [6.45, 7) is 0. The summed E-state index contributed by atoms with van der Waals surface area (Å²) < 4.78 is 6.79. The lowest BCUT2D eigenvalue weighted by Crippen LogP contribution is -1.99. The van der Waals surface area contributed by atoms with Crippen LogP contribution in [0.15, 0.2) is 30.3 Å². The molecule has 0 aliphatic heterocycles. The minimum atomic E-state index is 0.301. The van der Waals surface area contributed by atoms with Gasteiger partial charge in [-0.3, -0.25) is 0 Å². The Morgan fingerprint density at radius 2 is 2.11 bits per heavy atom. The van der Waals surface area contributed by atoms with E-state index in [0.717, 1.165) is 0 Å². The second kappa shape index (κ2) is 4.11. The number of hydrogen-bond donors (Lipinski definition) is 1. The average Bonchev–Trinajstić information content (AvgIpc) is 2.81. The van der Waals surface area contributed by atoms with Crippen molar-refractivity contribution in [3.63, 3.8) is 0 Å². The van der Waals surface area contributed by atoms with Gasteiger partial charge in [0, 0.05) is 6.07 Å². The molecule has 7 nitrogen and oxygen atoms in total. The van der Waals surface area contributed by atoms with Crippen LogP contribution < -0.4 is 10.5 Å². The molecule has 18 heavy (non-hydrogen) atoms. The lowest BCUT2D eigenvalue weighted by atomic mass is 10.3. The molecule has 90 valence electrons. The number of hydrogen-bond acceptors (Lipinski definition) is 6. The minimum absolute atomic E-state index is 0.301. The van der Waals surface area contributed by atoms with Gasteiger partial charge in [0.2, 0.25) is 5.88 Å². The monoisotopic (exact) mass is 262 g/mol. The van der Waals surface area contributed by atoms with Crippen LogP contribution >= 0.6 is 11.6 Å². The van der Waals surface area contributed by atoms with Crippen molar-refractivity contribution in [1.82, 2.24) is 25.3 Å². The zero-order valence-corrected chi connectivity index (χ0v) is 9.74. The van der Waals surface area contributed by atoms with E-state index in [1.54, 1.807) is 30.3 Å². The number of para-hydroxylation sites is 1. The van der Waals surface area contributed by atoms with E-state index >= 15 is 0 Å². The number of rotatable bonds is 2. The molecule has 8 heteroatoms. The molecule has 0 bridgehead atoms. The molecule has 2 aromatic heterocycles. The molecule has 1 aromatic carbocycles. The first-order chi connectivity index (χ1) is 8.74. The van der Waals surface area contributed by atoms with Gasteiger partial charge >= 0.3 is 0 Å². The van der Waals surface area contributed by atoms with Crippen LogP contribution in [-0.4, -0.2) is 25.3 Å². The second-order valence-corrected chi connectivity index (χ2v) is 3.87. The number of nitrogens with zero attached hydrogens (tertiary/aromatic N) is 5. The van der Waals surface area contributed by atoms with Gasteiger partial charge in [0.1, 0.15) is 0 Å². The van der Waals surface area contributed by atoms with Gasteiger partial charge in [-0.05, 0) is 28.6 Å². The molecule has 0 radical (unpaired) electrons. The van der Waals surface area contributed by atoms with E-state index in [9.17, 15) is 0 Å². The van der Waals surface area contributed by atoms with Crippen molar-refractivity contribution >= 4 is 22.9 Å². The maximum atomic E-state index is 6.00. The van der Waals surface area contributed by atoms with E-state index in [-0.39, 0.29) is 0 Å². The Kier molecular flexibility index (Phi) is 2.45. The summed E-state index contributed by atoms with van der Waals surface area (Å²) in [6, 6.07) is 8.42. The van der Waals surface area contributed by atoms with Gasteiger partial charge < -0.3 is 10.5 Å². The van der Waals surface area contributed by atoms with E-state index in [4.69, 9.17) is 22.1 Å². The molecule has 0 spiro atoms. The zero-order valence-electron chi connectivity index (χ0n) is 8.99. The number of aromatic nitrogens is 5. The number of halogens is 1. The average molecular weight is 263 g/mol. The van der Waals surface area contributed by atoms with Gasteiger partial charge in [-0.2, -0.15) is 0 Å². The largest absolute Gasteiger partial charge is 0.434 e. The summed E-state index contributed by atoms with van der Waals surface area (Å²) in [5, 5.41) is 15.3. The topological polar surface area (TPSA) is 91.2 Å². The first kappa shape index (κ1) is 10.7. The third kappa shape index (κ3) is 1.80. The molecule has 0 atom stereocenters. The molecular formula is C10H7ClN6O. The molecule has 0 unspecified atom stereocenters. The molecule has 3 rings (SSSR count). The van der Waals surface area contributed by atoms with E-state index in [0.29, 0.717) is 28.0 Å². The number of tetrazole rings is 1. The summed E-state index contributed by atoms with van der Waals surface area (Å²) >= 11 is 6.00. The van der Waals surface area contributed by atoms with Crippen molar-refractivity contribution in [1.29, 1.82) is 0 Å². The number of nitrogens with two attached hydrogens (primary N) is 1. The van der Waals surface area contributed by atoms with Crippen molar-refractivity contribution in [3.8, 4) is 11.6 Å². The van der Waals surface area contributed by atoms with E-state index in [1.165, 1.54) is 4.63 Å². The molecule has 0 aliphatic rings. The van der Waals surface area contributed by atoms with Crippen molar-refractivity contribution < 1.29 is 4.74 Å². The highest BCUT2D eigenvalue weighted by Gasteiger charge is 2.09. The number of ether oxygens (including phenoxy) is 1. The van der Waals surface area contributed by atoms with Crippen molar-refractivity contribution in [2.75, 3.05) is 5.73 Å². The van der Waals surface area contributed by atoms with Crippen LogP contribution in [0.25, 0.3) is 5.65 Å². The summed E-state index contributed by atoms with van der Waals surface area (Å²) in [5.41, 5.74) is 6.73. The summed E-state index contributed by atoms with van der Waals surface area (Å²) in [6.07, 6.45) is 0. The molecule has 0 saturated heterocycles. The smallest absolute Gasteiger partial charge is 0.239 e. The van der Waals surface area contributed by atoms with Gasteiger partial charge in [0.05, 0.1) is 10.7 Å². The molecule has 0 aliphatic carbocycles. The van der Waals surface area contributed by atoms with Crippen molar-refractivity contribution in [2.24, 2.45) is 0 Å². The molecule has 2 N–H and O–H groups in total.